The molecule has 0 amide bonds. The number of aryl methyl sites for hydroxylation is 2. The molecule has 1 N–H and O–H groups in total. The van der Waals surface area contributed by atoms with Crippen LogP contribution in [0.25, 0.3) is 11.5 Å². The maximum atomic E-state index is 13.0. The summed E-state index contributed by atoms with van der Waals surface area (Å²) in [5.41, 5.74) is 3.71. The topological polar surface area (TPSA) is 39.0 Å². The van der Waals surface area contributed by atoms with Gasteiger partial charge < -0.3 is 10.4 Å². The Morgan fingerprint density at radius 3 is 2.44 bits per heavy atom. The highest BCUT2D eigenvalue weighted by molar-refractivity contribution is 7.81. The van der Waals surface area contributed by atoms with E-state index in [2.05, 4.69) is 19.2 Å². The molecule has 3 rings (SSSR count). The number of nitrogens with zero attached hydrogens (tertiary/aromatic N) is 1. The van der Waals surface area contributed by atoms with E-state index < -0.39 is 0 Å². The Bertz CT molecular complexity index is 916. The third kappa shape index (κ3) is 3.95. The van der Waals surface area contributed by atoms with Crippen molar-refractivity contribution in [2.45, 2.75) is 13.8 Å². The largest absolute Gasteiger partial charge is 0.867 e. The third-order valence-electron chi connectivity index (χ3n) is 3.91. The first-order chi connectivity index (χ1) is 12.1. The van der Waals surface area contributed by atoms with Gasteiger partial charge in [0.25, 0.3) is 0 Å². The first kappa shape index (κ1) is 17.3. The van der Waals surface area contributed by atoms with Gasteiger partial charge in [0, 0.05) is 22.7 Å². The van der Waals surface area contributed by atoms with E-state index in [0.717, 1.165) is 5.69 Å². The number of aromatic nitrogens is 1. The first-order valence-corrected chi connectivity index (χ1v) is 9.15. The number of benzene rings is 1. The second-order valence-corrected chi connectivity index (χ2v) is 7.05. The average Bonchev–Trinajstić information content (AvgIpc) is 3.14. The maximum absolute atomic E-state index is 13.0. The summed E-state index contributed by atoms with van der Waals surface area (Å²) in [7, 11) is 0. The van der Waals surface area contributed by atoms with Crippen molar-refractivity contribution in [2.75, 3.05) is 5.32 Å². The highest BCUT2D eigenvalue weighted by Crippen LogP contribution is 2.21. The minimum Gasteiger partial charge on any atom is -0.867 e. The van der Waals surface area contributed by atoms with Crippen molar-refractivity contribution in [1.29, 1.82) is 0 Å². The molecule has 2 heterocycles. The van der Waals surface area contributed by atoms with Crippen LogP contribution in [0.4, 0.5) is 5.69 Å². The molecule has 0 aliphatic carbocycles. The van der Waals surface area contributed by atoms with Crippen molar-refractivity contribution in [2.24, 2.45) is 0 Å². The van der Waals surface area contributed by atoms with Crippen LogP contribution in [0.3, 0.4) is 0 Å². The first-order valence-electron chi connectivity index (χ1n) is 7.86. The predicted octanol–water partition coefficient (Wildman–Crippen LogP) is 3.78. The molecule has 0 fully saturated rings. The summed E-state index contributed by atoms with van der Waals surface area (Å²) < 4.78 is 1.76. The molecule has 25 heavy (non-hydrogen) atoms. The number of hydrogen-bond donors (Lipinski definition) is 1. The molecule has 0 saturated heterocycles. The predicted molar refractivity (Wildman–Crippen MR) is 106 cm³/mol. The van der Waals surface area contributed by atoms with Gasteiger partial charge in [-0.1, -0.05) is 30.4 Å². The Hall–Kier alpha value is -2.50. The fraction of sp³-hybridized carbons (Fsp3) is 0.100. The van der Waals surface area contributed by atoms with Crippen LogP contribution >= 0.6 is 23.6 Å². The lowest BCUT2D eigenvalue weighted by molar-refractivity contribution is -0.577. The summed E-state index contributed by atoms with van der Waals surface area (Å²) in [6, 6.07) is 15.4. The Morgan fingerprint density at radius 1 is 1.04 bits per heavy atom. The van der Waals surface area contributed by atoms with Gasteiger partial charge in [-0.15, -0.1) is 11.3 Å². The fourth-order valence-corrected chi connectivity index (χ4v) is 3.40. The fourth-order valence-electron chi connectivity index (χ4n) is 2.42. The summed E-state index contributed by atoms with van der Waals surface area (Å²) in [5, 5.41) is 18.1. The molecule has 0 atom stereocenters. The molecule has 0 radical (unpaired) electrons. The van der Waals surface area contributed by atoms with E-state index in [1.54, 1.807) is 4.57 Å². The molecular formula is C20H18N2OS2. The Balaban J connectivity index is 2.01. The quantitative estimate of drug-likeness (QED) is 0.331. The molecule has 0 spiro atoms. The number of pyridine rings is 1. The van der Waals surface area contributed by atoms with Crippen LogP contribution in [0, 0.1) is 13.8 Å². The van der Waals surface area contributed by atoms with Gasteiger partial charge in [0.15, 0.2) is 17.4 Å². The standard InChI is InChI=1S/C20H18N2OS2/c1-14-8-9-16(13-15(14)2)21-20(24)18(22-10-4-3-5-11-22)19(23)17-7-6-12-25-17/h3-13H,1-2H3,(H-,21,23,24). The average molecular weight is 367 g/mol. The van der Waals surface area contributed by atoms with Crippen molar-refractivity contribution in [3.63, 3.8) is 0 Å². The second-order valence-electron chi connectivity index (χ2n) is 5.69. The van der Waals surface area contributed by atoms with Gasteiger partial charge >= 0.3 is 0 Å². The van der Waals surface area contributed by atoms with Crippen molar-refractivity contribution in [3.8, 4) is 0 Å². The van der Waals surface area contributed by atoms with E-state index in [1.807, 2.05) is 66.3 Å². The third-order valence-corrected chi connectivity index (χ3v) is 5.08. The van der Waals surface area contributed by atoms with E-state index in [4.69, 9.17) is 12.2 Å². The van der Waals surface area contributed by atoms with Crippen LogP contribution in [0.5, 0.6) is 0 Å². The molecule has 0 saturated carbocycles. The zero-order valence-corrected chi connectivity index (χ0v) is 15.7. The normalized spacial score (nSPS) is 11.8. The molecule has 2 aromatic heterocycles. The van der Waals surface area contributed by atoms with E-state index in [0.29, 0.717) is 15.6 Å². The summed E-state index contributed by atoms with van der Waals surface area (Å²) in [5.74, 6) is -0.0902. The van der Waals surface area contributed by atoms with Crippen LogP contribution < -0.4 is 15.0 Å². The second kappa shape index (κ2) is 7.59. The number of thiocarbonyl (C=S) groups is 1. The molecule has 0 aliphatic rings. The van der Waals surface area contributed by atoms with Crippen LogP contribution in [-0.4, -0.2) is 4.99 Å². The van der Waals surface area contributed by atoms with E-state index in [-0.39, 0.29) is 5.76 Å². The van der Waals surface area contributed by atoms with Crippen LogP contribution in [-0.2, 0) is 0 Å². The Labute approximate surface area is 156 Å². The Morgan fingerprint density at radius 2 is 1.80 bits per heavy atom. The van der Waals surface area contributed by atoms with Crippen molar-refractivity contribution in [1.82, 2.24) is 0 Å². The molecule has 3 nitrogen and oxygen atoms in total. The van der Waals surface area contributed by atoms with E-state index in [9.17, 15) is 5.11 Å². The van der Waals surface area contributed by atoms with Gasteiger partial charge in [-0.3, -0.25) is 0 Å². The highest BCUT2D eigenvalue weighted by Gasteiger charge is 2.19. The molecule has 3 aromatic rings. The van der Waals surface area contributed by atoms with E-state index >= 15 is 0 Å². The van der Waals surface area contributed by atoms with Gasteiger partial charge in [-0.25, -0.2) is 0 Å². The van der Waals surface area contributed by atoms with Gasteiger partial charge in [0.05, 0.1) is 0 Å². The molecule has 0 aliphatic heterocycles. The Kier molecular flexibility index (Phi) is 5.26. The monoisotopic (exact) mass is 366 g/mol. The van der Waals surface area contributed by atoms with Crippen LogP contribution in [0.15, 0.2) is 66.3 Å². The number of hydrogen-bond acceptors (Lipinski definition) is 3. The van der Waals surface area contributed by atoms with Gasteiger partial charge in [-0.05, 0) is 54.3 Å². The lowest BCUT2D eigenvalue weighted by atomic mass is 10.1. The zero-order valence-electron chi connectivity index (χ0n) is 14.0. The summed E-state index contributed by atoms with van der Waals surface area (Å²) in [4.78, 5) is 1.06. The van der Waals surface area contributed by atoms with Crippen molar-refractivity contribution >= 4 is 45.7 Å². The summed E-state index contributed by atoms with van der Waals surface area (Å²) in [6.07, 6.45) is 3.66. The van der Waals surface area contributed by atoms with Crippen LogP contribution in [0.1, 0.15) is 16.0 Å². The smallest absolute Gasteiger partial charge is 0.239 e. The minimum atomic E-state index is -0.0902. The minimum absolute atomic E-state index is 0.0902. The molecule has 0 bridgehead atoms. The van der Waals surface area contributed by atoms with Crippen LogP contribution in [0.2, 0.25) is 0 Å². The van der Waals surface area contributed by atoms with Crippen molar-refractivity contribution in [3.05, 3.63) is 82.3 Å². The molecule has 1 aromatic carbocycles. The maximum Gasteiger partial charge on any atom is 0.239 e. The molecule has 126 valence electrons. The molecule has 5 heteroatoms. The van der Waals surface area contributed by atoms with E-state index in [1.165, 1.54) is 22.5 Å². The summed E-state index contributed by atoms with van der Waals surface area (Å²) in [6.45, 7) is 4.12. The lowest BCUT2D eigenvalue weighted by Gasteiger charge is -2.16. The van der Waals surface area contributed by atoms with Crippen molar-refractivity contribution < 1.29 is 9.67 Å². The molecule has 0 unspecified atom stereocenters. The van der Waals surface area contributed by atoms with Gasteiger partial charge in [0.1, 0.15) is 0 Å². The summed E-state index contributed by atoms with van der Waals surface area (Å²) >= 11 is 6.99. The highest BCUT2D eigenvalue weighted by atomic mass is 32.1. The van der Waals surface area contributed by atoms with Gasteiger partial charge in [-0.2, -0.15) is 4.57 Å². The number of nitrogens with one attached hydrogen (secondary N) is 1. The molecular weight excluding hydrogens is 348 g/mol. The number of rotatable bonds is 4. The SMILES string of the molecule is Cc1ccc(NC(=S)/C(=C(\[O-])c2cccs2)[n+]2ccccc2)cc1C. The van der Waals surface area contributed by atoms with Gasteiger partial charge in [0.2, 0.25) is 5.70 Å². The number of thiophene rings is 1. The zero-order chi connectivity index (χ0) is 17.8. The number of anilines is 1. The lowest BCUT2D eigenvalue weighted by Crippen LogP contribution is -2.39.